The monoisotopic (exact) mass is 386 g/mol. The molecule has 1 N–H and O–H groups in total. The van der Waals surface area contributed by atoms with Crippen LogP contribution in [0.2, 0.25) is 0 Å². The van der Waals surface area contributed by atoms with Crippen LogP contribution < -0.4 is 0 Å². The lowest BCUT2D eigenvalue weighted by atomic mass is 9.82. The minimum atomic E-state index is -1.14. The highest BCUT2D eigenvalue weighted by molar-refractivity contribution is 7.10. The highest BCUT2D eigenvalue weighted by Gasteiger charge is 2.33. The molecule has 1 atom stereocenters. The van der Waals surface area contributed by atoms with Gasteiger partial charge in [0.2, 0.25) is 0 Å². The lowest BCUT2D eigenvalue weighted by Crippen LogP contribution is -2.23. The van der Waals surface area contributed by atoms with Gasteiger partial charge in [0.25, 0.3) is 0 Å². The normalized spacial score (nSPS) is 13.8. The molecule has 0 fully saturated rings. The molecule has 0 aliphatic heterocycles. The molecule has 0 radical (unpaired) electrons. The molecule has 1 nitrogen and oxygen atoms in total. The molecule has 1 heterocycles. The maximum absolute atomic E-state index is 11.7. The van der Waals surface area contributed by atoms with Crippen LogP contribution in [-0.2, 0) is 5.60 Å². The molecule has 2 heteroatoms. The zero-order chi connectivity index (χ0) is 19.8. The van der Waals surface area contributed by atoms with Gasteiger partial charge < -0.3 is 5.11 Å². The second-order valence-corrected chi connectivity index (χ2v) is 7.88. The maximum Gasteiger partial charge on any atom is 0.123 e. The highest BCUT2D eigenvalue weighted by Crippen LogP contribution is 2.42. The minimum absolute atomic E-state index is 0.853. The largest absolute Gasteiger partial charge is 0.380 e. The first kappa shape index (κ1) is 20.1. The fourth-order valence-electron chi connectivity index (χ4n) is 3.25. The van der Waals surface area contributed by atoms with Gasteiger partial charge in [0.15, 0.2) is 0 Å². The summed E-state index contributed by atoms with van der Waals surface area (Å²) in [6, 6.07) is 24.3. The van der Waals surface area contributed by atoms with E-state index in [9.17, 15) is 5.11 Å². The van der Waals surface area contributed by atoms with Crippen LogP contribution in [-0.4, -0.2) is 5.11 Å². The Morgan fingerprint density at radius 3 is 2.14 bits per heavy atom. The number of aliphatic hydroxyl groups is 1. The molecular formula is C26H26OS. The summed E-state index contributed by atoms with van der Waals surface area (Å²) >= 11 is 1.57. The lowest BCUT2D eigenvalue weighted by Gasteiger charge is -2.28. The molecule has 142 valence electrons. The molecule has 0 saturated carbocycles. The topological polar surface area (TPSA) is 20.2 Å². The number of benzene rings is 2. The van der Waals surface area contributed by atoms with Crippen molar-refractivity contribution in [3.8, 4) is 11.8 Å². The van der Waals surface area contributed by atoms with E-state index in [1.165, 1.54) is 0 Å². The summed E-state index contributed by atoms with van der Waals surface area (Å²) in [5.74, 6) is 6.75. The van der Waals surface area contributed by atoms with Crippen LogP contribution in [0.1, 0.15) is 49.1 Å². The van der Waals surface area contributed by atoms with Crippen molar-refractivity contribution < 1.29 is 5.11 Å². The van der Waals surface area contributed by atoms with Gasteiger partial charge in [-0.2, -0.15) is 0 Å². The fourth-order valence-corrected chi connectivity index (χ4v) is 4.04. The molecule has 1 aromatic heterocycles. The Bertz CT molecular complexity index is 956. The van der Waals surface area contributed by atoms with E-state index in [1.54, 1.807) is 11.3 Å². The van der Waals surface area contributed by atoms with Gasteiger partial charge in [-0.1, -0.05) is 91.9 Å². The second-order valence-electron chi connectivity index (χ2n) is 6.94. The minimum Gasteiger partial charge on any atom is -0.380 e. The van der Waals surface area contributed by atoms with Crippen LogP contribution in [0, 0.1) is 11.8 Å². The van der Waals surface area contributed by atoms with Crippen LogP contribution in [0.25, 0.3) is 11.1 Å². The van der Waals surface area contributed by atoms with E-state index < -0.39 is 5.60 Å². The maximum atomic E-state index is 11.7. The second kappa shape index (κ2) is 9.55. The van der Waals surface area contributed by atoms with Crippen molar-refractivity contribution in [2.75, 3.05) is 0 Å². The zero-order valence-corrected chi connectivity index (χ0v) is 17.3. The Kier molecular flexibility index (Phi) is 6.87. The number of rotatable bonds is 6. The first-order chi connectivity index (χ1) is 13.6. The molecule has 0 amide bonds. The van der Waals surface area contributed by atoms with Gasteiger partial charge in [0.05, 0.1) is 0 Å². The summed E-state index contributed by atoms with van der Waals surface area (Å²) in [7, 11) is 0. The molecule has 1 unspecified atom stereocenters. The van der Waals surface area contributed by atoms with Crippen LogP contribution in [0.5, 0.6) is 0 Å². The van der Waals surface area contributed by atoms with Crippen molar-refractivity contribution in [1.29, 1.82) is 0 Å². The van der Waals surface area contributed by atoms with Crippen molar-refractivity contribution in [1.82, 2.24) is 0 Å². The molecular weight excluding hydrogens is 360 g/mol. The Labute approximate surface area is 172 Å². The highest BCUT2D eigenvalue weighted by atomic mass is 32.1. The fraction of sp³-hybridized carbons (Fsp3) is 0.231. The average molecular weight is 387 g/mol. The van der Waals surface area contributed by atoms with Gasteiger partial charge in [-0.05, 0) is 35.9 Å². The van der Waals surface area contributed by atoms with Gasteiger partial charge in [0.1, 0.15) is 5.60 Å². The Morgan fingerprint density at radius 2 is 1.57 bits per heavy atom. The van der Waals surface area contributed by atoms with Crippen molar-refractivity contribution >= 4 is 22.5 Å². The molecule has 2 aromatic carbocycles. The first-order valence-corrected chi connectivity index (χ1v) is 10.6. The smallest absolute Gasteiger partial charge is 0.123 e. The quantitative estimate of drug-likeness (QED) is 0.282. The van der Waals surface area contributed by atoms with Crippen molar-refractivity contribution in [2.24, 2.45) is 0 Å². The summed E-state index contributed by atoms with van der Waals surface area (Å²) in [6.45, 7) is 4.05. The average Bonchev–Trinajstić information content (AvgIpc) is 3.27. The summed E-state index contributed by atoms with van der Waals surface area (Å²) in [4.78, 5) is 0.912. The molecule has 3 rings (SSSR count). The SMILES string of the molecule is CCCCC#C/C(=C(/c1ccccc1)C(C)(O)c1cccs1)c1ccccc1. The summed E-state index contributed by atoms with van der Waals surface area (Å²) in [5, 5.41) is 13.7. The predicted octanol–water partition coefficient (Wildman–Crippen LogP) is 6.76. The number of unbranched alkanes of at least 4 members (excludes halogenated alkanes) is 2. The lowest BCUT2D eigenvalue weighted by molar-refractivity contribution is 0.127. The Morgan fingerprint density at radius 1 is 0.929 bits per heavy atom. The summed E-state index contributed by atoms with van der Waals surface area (Å²) < 4.78 is 0. The summed E-state index contributed by atoms with van der Waals surface area (Å²) in [5.41, 5.74) is 2.62. The summed E-state index contributed by atoms with van der Waals surface area (Å²) in [6.07, 6.45) is 3.06. The van der Waals surface area contributed by atoms with Gasteiger partial charge in [-0.3, -0.25) is 0 Å². The van der Waals surface area contributed by atoms with Gasteiger partial charge in [-0.25, -0.2) is 0 Å². The standard InChI is InChI=1S/C26H26OS/c1-3-4-5-12-18-23(21-14-8-6-9-15-21)25(22-16-10-7-11-17-22)26(2,27)24-19-13-20-28-24/h6-11,13-17,19-20,27H,3-5H2,1-2H3/b25-23+. The van der Waals surface area contributed by atoms with Crippen LogP contribution in [0.4, 0.5) is 0 Å². The molecule has 28 heavy (non-hydrogen) atoms. The van der Waals surface area contributed by atoms with E-state index in [-0.39, 0.29) is 0 Å². The van der Waals surface area contributed by atoms with Crippen LogP contribution >= 0.6 is 11.3 Å². The van der Waals surface area contributed by atoms with E-state index in [0.29, 0.717) is 0 Å². The molecule has 0 bridgehead atoms. The van der Waals surface area contributed by atoms with Crippen molar-refractivity contribution in [3.63, 3.8) is 0 Å². The van der Waals surface area contributed by atoms with Gasteiger partial charge in [0, 0.05) is 22.4 Å². The molecule has 0 spiro atoms. The number of hydrogen-bond acceptors (Lipinski definition) is 2. The third-order valence-corrected chi connectivity index (χ3v) is 5.81. The van der Waals surface area contributed by atoms with E-state index >= 15 is 0 Å². The molecule has 0 aliphatic rings. The zero-order valence-electron chi connectivity index (χ0n) is 16.5. The molecule has 0 aliphatic carbocycles. The molecule has 3 aromatic rings. The Balaban J connectivity index is 2.27. The van der Waals surface area contributed by atoms with Crippen molar-refractivity contribution in [3.05, 3.63) is 94.2 Å². The van der Waals surface area contributed by atoms with E-state index in [2.05, 4.69) is 30.9 Å². The van der Waals surface area contributed by atoms with Crippen LogP contribution in [0.3, 0.4) is 0 Å². The van der Waals surface area contributed by atoms with Gasteiger partial charge in [-0.15, -0.1) is 11.3 Å². The van der Waals surface area contributed by atoms with Crippen molar-refractivity contribution in [2.45, 2.75) is 38.7 Å². The first-order valence-electron chi connectivity index (χ1n) is 9.75. The number of hydrogen-bond donors (Lipinski definition) is 1. The Hall–Kier alpha value is -2.60. The number of allylic oxidation sites excluding steroid dienone is 1. The van der Waals surface area contributed by atoms with Crippen LogP contribution in [0.15, 0.2) is 78.2 Å². The number of thiophene rings is 1. The molecule has 0 saturated heterocycles. The predicted molar refractivity (Wildman–Crippen MR) is 121 cm³/mol. The third kappa shape index (κ3) is 4.62. The van der Waals surface area contributed by atoms with E-state index in [0.717, 1.165) is 46.4 Å². The van der Waals surface area contributed by atoms with Gasteiger partial charge >= 0.3 is 0 Å². The third-order valence-electron chi connectivity index (χ3n) is 4.73. The van der Waals surface area contributed by atoms with E-state index in [4.69, 9.17) is 0 Å². The van der Waals surface area contributed by atoms with E-state index in [1.807, 2.05) is 73.0 Å².